The molecule has 0 aromatic carbocycles. The van der Waals surface area contributed by atoms with Crippen molar-refractivity contribution in [2.75, 3.05) is 190 Å². The first-order chi connectivity index (χ1) is 41.7. The van der Waals surface area contributed by atoms with Gasteiger partial charge >= 0.3 is 0 Å². The van der Waals surface area contributed by atoms with E-state index in [0.717, 1.165) is 132 Å². The molecule has 2 bridgehead atoms. The van der Waals surface area contributed by atoms with Gasteiger partial charge in [-0.25, -0.2) is 0 Å². The molecule has 0 radical (unpaired) electrons. The van der Waals surface area contributed by atoms with E-state index < -0.39 is 0 Å². The molecule has 4 aliphatic carbocycles. The Labute approximate surface area is 514 Å². The van der Waals surface area contributed by atoms with Crippen LogP contribution in [-0.2, 0) is 23.7 Å². The van der Waals surface area contributed by atoms with Gasteiger partial charge in [0.2, 0.25) is 0 Å². The maximum atomic E-state index is 10.2. The van der Waals surface area contributed by atoms with Crippen LogP contribution >= 0.6 is 0 Å². The number of morpholine rings is 2. The lowest BCUT2D eigenvalue weighted by atomic mass is 9.65. The molecule has 488 valence electrons. The minimum atomic E-state index is 0.331. The maximum Gasteiger partial charge on any atom is 0.180 e. The summed E-state index contributed by atoms with van der Waals surface area (Å²) in [6.07, 6.45) is 27.2. The number of piperidine rings is 2. The molecular formula is C65H123N15O5. The first kappa shape index (κ1) is 67.3. The van der Waals surface area contributed by atoms with Gasteiger partial charge < -0.3 is 98.7 Å². The van der Waals surface area contributed by atoms with Gasteiger partial charge in [-0.2, -0.15) is 0 Å². The summed E-state index contributed by atoms with van der Waals surface area (Å²) in [5.41, 5.74) is 4.09. The van der Waals surface area contributed by atoms with E-state index in [9.17, 15) is 4.79 Å². The fourth-order valence-corrected chi connectivity index (χ4v) is 13.4. The van der Waals surface area contributed by atoms with Crippen molar-refractivity contribution < 1.29 is 23.7 Å². The van der Waals surface area contributed by atoms with Gasteiger partial charge in [0, 0.05) is 135 Å². The molecule has 17 aliphatic heterocycles. The number of rotatable bonds is 0. The molecule has 20 nitrogen and oxygen atoms in total. The van der Waals surface area contributed by atoms with Crippen LogP contribution in [0.3, 0.4) is 0 Å². The third-order valence-corrected chi connectivity index (χ3v) is 20.9. The van der Waals surface area contributed by atoms with Gasteiger partial charge in [0.1, 0.15) is 11.9 Å². The molecule has 21 fully saturated rings. The second kappa shape index (κ2) is 36.1. The van der Waals surface area contributed by atoms with Crippen LogP contribution in [-0.4, -0.2) is 232 Å². The van der Waals surface area contributed by atoms with Crippen LogP contribution in [0.15, 0.2) is 24.7 Å². The summed E-state index contributed by atoms with van der Waals surface area (Å²) in [5.74, 6) is 4.11. The quantitative estimate of drug-likeness (QED) is 0.164. The van der Waals surface area contributed by atoms with E-state index in [-0.39, 0.29) is 0 Å². The molecule has 20 heteroatoms. The largest absolute Gasteiger partial charge is 0.473 e. The monoisotopic (exact) mass is 1190 g/mol. The fraction of sp³-hybridized carbons (Fsp3) is 0.923. The standard InChI is InChI=1S/C7H12N2.C6H10N2O.2C6H11N.2C5H9NO.2C5H9N.C5H11N.C4H9NO.C4H7NO.C4H9N.C3H7N/c1-5-2-6-3-8-4-7(6)9-5;1-4-8-5-2-7-3-6(5)9-4;2*1-2-6(3-1)4-7-5-6;1-4-3-7-5(1)2-6-4;1-2-7-5(1)3-6-4-5;1-4-2-6-3-5(1)4;1-2-5(1)3-6-4-5;1-2-4-6-5-3-1;1-3-6-4-2-5-1;6-4-1-2-5-3-4;1-2-4-5-3-1;1-2-4-3-1/h6-9H,1-4H2;5-8H,1-3H2;2*7H,1-5H2;4-6H,1-3H2;6H,1-4H2;4-6H,1-3H2;6H,1-4H2;6H,1-5H2;5H,1-4H2;5H,1-3H2;5H,1-4H2;4H,1-3H2. The SMILES string of the molecule is C1CC12CNC2.C1CC2(C1)CNC2.C1CC2(C1)CNC2.C1CC2(CNC2)O1.C1CCNC1.C1CCNCC1.C1CNC1.C1COCCN1.C1NCC2CC12.C1OC2CNC1C2.C=C1CC2CNCC2N1.C=C1NC2CNCC2O1.O=C1CCNC1. The van der Waals surface area contributed by atoms with E-state index in [1.807, 2.05) is 0 Å². The summed E-state index contributed by atoms with van der Waals surface area (Å²) < 4.78 is 20.9. The molecular weight excluding hydrogens is 1070 g/mol. The number of nitrogens with one attached hydrogen (secondary N) is 15. The second-order valence-corrected chi connectivity index (χ2v) is 28.3. The fourth-order valence-electron chi connectivity index (χ4n) is 13.4. The highest BCUT2D eigenvalue weighted by atomic mass is 16.5. The normalized spacial score (nSPS) is 34.7. The Morgan fingerprint density at radius 1 is 0.447 bits per heavy atom. The molecule has 17 heterocycles. The molecule has 0 amide bonds. The number of hydrogen-bond donors (Lipinski definition) is 15. The van der Waals surface area contributed by atoms with Gasteiger partial charge in [0.05, 0.1) is 50.7 Å². The zero-order valence-corrected chi connectivity index (χ0v) is 53.0. The summed E-state index contributed by atoms with van der Waals surface area (Å²) in [6, 6.07) is 1.86. The summed E-state index contributed by atoms with van der Waals surface area (Å²) >= 11 is 0. The Balaban J connectivity index is 0.000000111. The maximum absolute atomic E-state index is 10.2. The number of hydrogen-bond acceptors (Lipinski definition) is 20. The van der Waals surface area contributed by atoms with Crippen molar-refractivity contribution >= 4 is 5.78 Å². The Hall–Kier alpha value is -2.09. The zero-order valence-electron chi connectivity index (χ0n) is 53.0. The Morgan fingerprint density at radius 2 is 0.976 bits per heavy atom. The highest BCUT2D eigenvalue weighted by Crippen LogP contribution is 2.48. The molecule has 0 aromatic rings. The van der Waals surface area contributed by atoms with Crippen molar-refractivity contribution in [2.24, 2.45) is 34.0 Å². The van der Waals surface area contributed by atoms with E-state index in [2.05, 4.69) is 92.9 Å². The Kier molecular flexibility index (Phi) is 28.6. The minimum absolute atomic E-state index is 0.331. The summed E-state index contributed by atoms with van der Waals surface area (Å²) in [6.45, 7) is 40.4. The number of fused-ring (bicyclic) bond motifs is 5. The highest BCUT2D eigenvalue weighted by Gasteiger charge is 2.48. The number of ether oxygens (including phenoxy) is 4. The second-order valence-electron chi connectivity index (χ2n) is 28.3. The highest BCUT2D eigenvalue weighted by molar-refractivity contribution is 5.82. The van der Waals surface area contributed by atoms with Crippen molar-refractivity contribution in [1.29, 1.82) is 0 Å². The van der Waals surface area contributed by atoms with E-state index in [4.69, 9.17) is 18.9 Å². The lowest BCUT2D eigenvalue weighted by molar-refractivity contribution is -0.173. The summed E-state index contributed by atoms with van der Waals surface area (Å²) in [7, 11) is 0. The third kappa shape index (κ3) is 23.6. The molecule has 4 spiro atoms. The molecule has 21 aliphatic rings. The minimum Gasteiger partial charge on any atom is -0.473 e. The van der Waals surface area contributed by atoms with Crippen molar-refractivity contribution in [1.82, 2.24) is 79.8 Å². The molecule has 15 N–H and O–H groups in total. The van der Waals surface area contributed by atoms with Gasteiger partial charge in [0.15, 0.2) is 5.88 Å². The van der Waals surface area contributed by atoms with Crippen LogP contribution in [0.5, 0.6) is 0 Å². The molecule has 85 heavy (non-hydrogen) atoms. The lowest BCUT2D eigenvalue weighted by Gasteiger charge is -2.49. The van der Waals surface area contributed by atoms with Crippen molar-refractivity contribution in [3.05, 3.63) is 24.7 Å². The average Bonchev–Trinajstić information content (AvgIpc) is 3.34. The van der Waals surface area contributed by atoms with Crippen LogP contribution < -0.4 is 79.8 Å². The molecule has 0 aromatic heterocycles. The summed E-state index contributed by atoms with van der Waals surface area (Å²) in [4.78, 5) is 10.2. The molecule has 4 saturated carbocycles. The number of carbonyl (C=O) groups is 1. The van der Waals surface area contributed by atoms with Crippen molar-refractivity contribution in [3.8, 4) is 0 Å². The van der Waals surface area contributed by atoms with E-state index in [1.165, 1.54) is 219 Å². The average molecular weight is 1190 g/mol. The van der Waals surface area contributed by atoms with Crippen LogP contribution in [0, 0.1) is 34.0 Å². The first-order valence-electron chi connectivity index (χ1n) is 34.8. The number of Topliss-reactive ketones (excluding diaryl/α,β-unsaturated/α-hetero) is 1. The lowest BCUT2D eigenvalue weighted by Crippen LogP contribution is -2.66. The van der Waals surface area contributed by atoms with Gasteiger partial charge in [-0.05, 0) is 183 Å². The van der Waals surface area contributed by atoms with Crippen LogP contribution in [0.1, 0.15) is 122 Å². The van der Waals surface area contributed by atoms with Gasteiger partial charge in [-0.3, -0.25) is 4.79 Å². The molecule has 21 rings (SSSR count). The van der Waals surface area contributed by atoms with Gasteiger partial charge in [-0.15, -0.1) is 0 Å². The first-order valence-corrected chi connectivity index (χ1v) is 34.8. The van der Waals surface area contributed by atoms with Crippen LogP contribution in [0.2, 0.25) is 0 Å². The van der Waals surface area contributed by atoms with E-state index >= 15 is 0 Å². The Morgan fingerprint density at radius 3 is 1.21 bits per heavy atom. The smallest absolute Gasteiger partial charge is 0.180 e. The Bertz CT molecular complexity index is 1640. The number of ketones is 1. The van der Waals surface area contributed by atoms with E-state index in [1.54, 1.807) is 0 Å². The van der Waals surface area contributed by atoms with E-state index in [0.29, 0.717) is 48.3 Å². The number of carbonyl (C=O) groups excluding carboxylic acids is 1. The topological polar surface area (TPSA) is 234 Å². The zero-order chi connectivity index (χ0) is 58.7. The van der Waals surface area contributed by atoms with Gasteiger partial charge in [0.25, 0.3) is 0 Å². The van der Waals surface area contributed by atoms with Crippen molar-refractivity contribution in [3.63, 3.8) is 0 Å². The molecule has 8 unspecified atom stereocenters. The number of allylic oxidation sites excluding steroid dienone is 1. The van der Waals surface area contributed by atoms with Gasteiger partial charge in [-0.1, -0.05) is 25.8 Å². The predicted molar refractivity (Wildman–Crippen MR) is 343 cm³/mol. The summed E-state index contributed by atoms with van der Waals surface area (Å²) in [5, 5.41) is 48.5. The predicted octanol–water partition coefficient (Wildman–Crippen LogP) is 1.37. The van der Waals surface area contributed by atoms with Crippen LogP contribution in [0.4, 0.5) is 0 Å². The molecule has 17 saturated heterocycles. The van der Waals surface area contributed by atoms with Crippen molar-refractivity contribution in [2.45, 2.75) is 158 Å². The third-order valence-electron chi connectivity index (χ3n) is 20.9. The molecule has 8 atom stereocenters. The van der Waals surface area contributed by atoms with Crippen LogP contribution in [0.25, 0.3) is 0 Å².